The fraction of sp³-hybridized carbons (Fsp3) is 0.600. The van der Waals surface area contributed by atoms with E-state index in [1.54, 1.807) is 18.3 Å². The van der Waals surface area contributed by atoms with Crippen LogP contribution in [0.2, 0.25) is 0 Å². The van der Waals surface area contributed by atoms with E-state index in [1.165, 1.54) is 9.75 Å². The minimum Gasteiger partial charge on any atom is -0.481 e. The Kier molecular flexibility index (Phi) is 7.22. The van der Waals surface area contributed by atoms with Gasteiger partial charge in [0, 0.05) is 28.8 Å². The number of thiophene rings is 1. The van der Waals surface area contributed by atoms with E-state index in [1.807, 2.05) is 6.92 Å². The minimum absolute atomic E-state index is 0.0704. The van der Waals surface area contributed by atoms with Gasteiger partial charge >= 0.3 is 12.0 Å². The molecule has 1 heterocycles. The highest BCUT2D eigenvalue weighted by atomic mass is 32.1. The van der Waals surface area contributed by atoms with Crippen molar-refractivity contribution in [3.05, 3.63) is 21.9 Å². The van der Waals surface area contributed by atoms with Crippen molar-refractivity contribution in [3.8, 4) is 0 Å². The van der Waals surface area contributed by atoms with Gasteiger partial charge in [0.05, 0.1) is 5.92 Å². The summed E-state index contributed by atoms with van der Waals surface area (Å²) < 4.78 is 0. The number of rotatable bonds is 8. The van der Waals surface area contributed by atoms with Crippen LogP contribution in [0.4, 0.5) is 4.79 Å². The van der Waals surface area contributed by atoms with Crippen molar-refractivity contribution >= 4 is 23.3 Å². The van der Waals surface area contributed by atoms with Crippen molar-refractivity contribution in [2.75, 3.05) is 6.54 Å². The van der Waals surface area contributed by atoms with E-state index in [4.69, 9.17) is 5.11 Å². The van der Waals surface area contributed by atoms with E-state index in [0.29, 0.717) is 19.4 Å². The van der Waals surface area contributed by atoms with Crippen molar-refractivity contribution in [3.63, 3.8) is 0 Å². The Labute approximate surface area is 129 Å². The molecule has 1 aromatic rings. The van der Waals surface area contributed by atoms with Gasteiger partial charge in [-0.05, 0) is 38.8 Å². The van der Waals surface area contributed by atoms with Crippen molar-refractivity contribution in [2.24, 2.45) is 5.92 Å². The second-order valence-electron chi connectivity index (χ2n) is 5.40. The summed E-state index contributed by atoms with van der Waals surface area (Å²) in [7, 11) is 0. The van der Waals surface area contributed by atoms with Gasteiger partial charge in [-0.15, -0.1) is 11.3 Å². The van der Waals surface area contributed by atoms with Crippen LogP contribution in [0, 0.1) is 12.8 Å². The SMILES string of the molecule is Cc1ccc(CC(C)NC(=O)NCCCC(C)C(=O)O)s1. The Morgan fingerprint density at radius 1 is 1.33 bits per heavy atom. The van der Waals surface area contributed by atoms with E-state index in [0.717, 1.165) is 6.42 Å². The summed E-state index contributed by atoms with van der Waals surface area (Å²) in [6.07, 6.45) is 2.06. The lowest BCUT2D eigenvalue weighted by atomic mass is 10.1. The van der Waals surface area contributed by atoms with Crippen molar-refractivity contribution < 1.29 is 14.7 Å². The lowest BCUT2D eigenvalue weighted by Gasteiger charge is -2.14. The molecule has 0 radical (unpaired) electrons. The lowest BCUT2D eigenvalue weighted by Crippen LogP contribution is -2.42. The van der Waals surface area contributed by atoms with E-state index in [2.05, 4.69) is 29.7 Å². The number of carboxylic acid groups (broad SMARTS) is 1. The molecule has 21 heavy (non-hydrogen) atoms. The van der Waals surface area contributed by atoms with Crippen LogP contribution >= 0.6 is 11.3 Å². The van der Waals surface area contributed by atoms with E-state index >= 15 is 0 Å². The summed E-state index contributed by atoms with van der Waals surface area (Å²) in [6, 6.07) is 4.04. The number of carboxylic acids is 1. The number of aryl methyl sites for hydroxylation is 1. The summed E-state index contributed by atoms with van der Waals surface area (Å²) in [5.74, 6) is -1.16. The van der Waals surface area contributed by atoms with Crippen LogP contribution in [0.5, 0.6) is 0 Å². The fourth-order valence-corrected chi connectivity index (χ4v) is 2.98. The van der Waals surface area contributed by atoms with Crippen LogP contribution in [0.3, 0.4) is 0 Å². The van der Waals surface area contributed by atoms with Crippen LogP contribution in [-0.2, 0) is 11.2 Å². The van der Waals surface area contributed by atoms with Gasteiger partial charge < -0.3 is 15.7 Å². The quantitative estimate of drug-likeness (QED) is 0.646. The zero-order chi connectivity index (χ0) is 15.8. The molecule has 3 N–H and O–H groups in total. The number of urea groups is 1. The molecule has 0 spiro atoms. The fourth-order valence-electron chi connectivity index (χ4n) is 1.96. The molecule has 1 rings (SSSR count). The summed E-state index contributed by atoms with van der Waals surface area (Å²) in [5, 5.41) is 14.4. The molecular weight excluding hydrogens is 288 g/mol. The van der Waals surface area contributed by atoms with Crippen LogP contribution in [-0.4, -0.2) is 29.7 Å². The molecule has 0 aliphatic carbocycles. The maximum atomic E-state index is 11.7. The average Bonchev–Trinajstić information content (AvgIpc) is 2.79. The number of carbonyl (C=O) groups excluding carboxylic acids is 1. The smallest absolute Gasteiger partial charge is 0.315 e. The topological polar surface area (TPSA) is 78.4 Å². The van der Waals surface area contributed by atoms with Crippen LogP contribution in [0.15, 0.2) is 12.1 Å². The predicted octanol–water partition coefficient (Wildman–Crippen LogP) is 2.79. The first-order chi connectivity index (χ1) is 9.88. The molecule has 5 nitrogen and oxygen atoms in total. The third-order valence-corrected chi connectivity index (χ3v) is 4.22. The molecule has 0 saturated heterocycles. The highest BCUT2D eigenvalue weighted by Crippen LogP contribution is 2.16. The third-order valence-electron chi connectivity index (χ3n) is 3.20. The Morgan fingerprint density at radius 3 is 2.62 bits per heavy atom. The van der Waals surface area contributed by atoms with E-state index in [9.17, 15) is 9.59 Å². The van der Waals surface area contributed by atoms with Gasteiger partial charge in [0.15, 0.2) is 0 Å². The highest BCUT2D eigenvalue weighted by molar-refractivity contribution is 7.11. The second kappa shape index (κ2) is 8.67. The summed E-state index contributed by atoms with van der Waals surface area (Å²) >= 11 is 1.74. The number of amides is 2. The van der Waals surface area contributed by atoms with Crippen LogP contribution < -0.4 is 10.6 Å². The molecule has 0 aliphatic heterocycles. The predicted molar refractivity (Wildman–Crippen MR) is 84.8 cm³/mol. The average molecular weight is 312 g/mol. The number of carbonyl (C=O) groups is 2. The number of nitrogens with one attached hydrogen (secondary N) is 2. The zero-order valence-electron chi connectivity index (χ0n) is 12.8. The van der Waals surface area contributed by atoms with Gasteiger partial charge in [0.2, 0.25) is 0 Å². The first-order valence-electron chi connectivity index (χ1n) is 7.21. The van der Waals surface area contributed by atoms with Crippen molar-refractivity contribution in [1.29, 1.82) is 0 Å². The van der Waals surface area contributed by atoms with Crippen molar-refractivity contribution in [1.82, 2.24) is 10.6 Å². The molecule has 2 unspecified atom stereocenters. The standard InChI is InChI=1S/C15H24N2O3S/c1-10(14(18)19)5-4-8-16-15(20)17-11(2)9-13-7-6-12(3)21-13/h6-7,10-11H,4-5,8-9H2,1-3H3,(H,18,19)(H2,16,17,20). The minimum atomic E-state index is -0.792. The summed E-state index contributed by atoms with van der Waals surface area (Å²) in [4.78, 5) is 24.9. The van der Waals surface area contributed by atoms with Crippen LogP contribution in [0.1, 0.15) is 36.4 Å². The molecule has 2 atom stereocenters. The first-order valence-corrected chi connectivity index (χ1v) is 8.02. The van der Waals surface area contributed by atoms with E-state index in [-0.39, 0.29) is 18.0 Å². The van der Waals surface area contributed by atoms with Gasteiger partial charge in [-0.2, -0.15) is 0 Å². The second-order valence-corrected chi connectivity index (χ2v) is 6.77. The Morgan fingerprint density at radius 2 is 2.05 bits per heavy atom. The molecule has 0 aromatic carbocycles. The molecule has 2 amide bonds. The lowest BCUT2D eigenvalue weighted by molar-refractivity contribution is -0.141. The molecule has 0 aliphatic rings. The summed E-state index contributed by atoms with van der Waals surface area (Å²) in [5.41, 5.74) is 0. The van der Waals surface area contributed by atoms with Gasteiger partial charge in [-0.3, -0.25) is 4.79 Å². The molecule has 0 saturated carbocycles. The molecule has 0 bridgehead atoms. The number of hydrogen-bond acceptors (Lipinski definition) is 3. The third kappa shape index (κ3) is 7.13. The molecule has 0 fully saturated rings. The van der Waals surface area contributed by atoms with E-state index < -0.39 is 5.97 Å². The van der Waals surface area contributed by atoms with Crippen LogP contribution in [0.25, 0.3) is 0 Å². The first kappa shape index (κ1) is 17.5. The molecule has 1 aromatic heterocycles. The summed E-state index contributed by atoms with van der Waals surface area (Å²) in [6.45, 7) is 6.21. The Hall–Kier alpha value is -1.56. The van der Waals surface area contributed by atoms with Gasteiger partial charge in [0.1, 0.15) is 0 Å². The highest BCUT2D eigenvalue weighted by Gasteiger charge is 2.11. The monoisotopic (exact) mass is 312 g/mol. The normalized spacial score (nSPS) is 13.5. The van der Waals surface area contributed by atoms with Crippen molar-refractivity contribution in [2.45, 2.75) is 46.1 Å². The molecule has 118 valence electrons. The molecule has 6 heteroatoms. The van der Waals surface area contributed by atoms with Gasteiger partial charge in [-0.1, -0.05) is 6.92 Å². The maximum Gasteiger partial charge on any atom is 0.315 e. The van der Waals surface area contributed by atoms with Gasteiger partial charge in [-0.25, -0.2) is 4.79 Å². The molecular formula is C15H24N2O3S. The van der Waals surface area contributed by atoms with Gasteiger partial charge in [0.25, 0.3) is 0 Å². The zero-order valence-corrected chi connectivity index (χ0v) is 13.6. The largest absolute Gasteiger partial charge is 0.481 e. The maximum absolute atomic E-state index is 11.7. The number of hydrogen-bond donors (Lipinski definition) is 3. The Bertz CT molecular complexity index is 473. The Balaban J connectivity index is 2.16. The number of aliphatic carboxylic acids is 1.